The molecule has 2 aromatic carbocycles. The fourth-order valence-electron chi connectivity index (χ4n) is 5.93. The van der Waals surface area contributed by atoms with Crippen molar-refractivity contribution < 1.29 is 19.1 Å². The maximum atomic E-state index is 13.4. The lowest BCUT2D eigenvalue weighted by molar-refractivity contribution is -0.131. The van der Waals surface area contributed by atoms with E-state index in [9.17, 15) is 9.59 Å². The van der Waals surface area contributed by atoms with Crippen LogP contribution in [0.1, 0.15) is 34.7 Å². The number of ketones is 1. The molecular formula is C24H24N2O4. The fourth-order valence-corrected chi connectivity index (χ4v) is 5.93. The summed E-state index contributed by atoms with van der Waals surface area (Å²) in [7, 11) is 0. The summed E-state index contributed by atoms with van der Waals surface area (Å²) in [4.78, 5) is 30.7. The zero-order valence-corrected chi connectivity index (χ0v) is 16.7. The van der Waals surface area contributed by atoms with E-state index in [2.05, 4.69) is 17.0 Å². The van der Waals surface area contributed by atoms with Crippen LogP contribution >= 0.6 is 0 Å². The van der Waals surface area contributed by atoms with Crippen LogP contribution in [0, 0.1) is 5.92 Å². The molecule has 4 fully saturated rings. The number of likely N-dealkylation sites (tertiary alicyclic amines) is 1. The van der Waals surface area contributed by atoms with Crippen LogP contribution in [-0.2, 0) is 4.79 Å². The molecule has 6 nitrogen and oxygen atoms in total. The van der Waals surface area contributed by atoms with Crippen LogP contribution in [0.5, 0.6) is 11.5 Å². The molecule has 5 aliphatic heterocycles. The first-order valence-corrected chi connectivity index (χ1v) is 10.7. The Hall–Kier alpha value is -2.86. The lowest BCUT2D eigenvalue weighted by Gasteiger charge is -2.51. The van der Waals surface area contributed by atoms with Gasteiger partial charge in [0, 0.05) is 24.1 Å². The molecule has 5 heterocycles. The number of amides is 1. The van der Waals surface area contributed by atoms with Gasteiger partial charge < -0.3 is 14.4 Å². The summed E-state index contributed by atoms with van der Waals surface area (Å²) < 4.78 is 11.1. The fraction of sp³-hybridized carbons (Fsp3) is 0.417. The van der Waals surface area contributed by atoms with Crippen LogP contribution in [0.3, 0.4) is 0 Å². The molecule has 0 saturated carbocycles. The molecule has 0 spiro atoms. The molecule has 0 N–H and O–H groups in total. The minimum atomic E-state index is -0.405. The summed E-state index contributed by atoms with van der Waals surface area (Å²) in [6.07, 6.45) is 2.19. The van der Waals surface area contributed by atoms with Gasteiger partial charge in [-0.25, -0.2) is 0 Å². The molecule has 2 bridgehead atoms. The number of hydrogen-bond donors (Lipinski definition) is 0. The van der Waals surface area contributed by atoms with E-state index >= 15 is 0 Å². The smallest absolute Gasteiger partial charge is 0.295 e. The van der Waals surface area contributed by atoms with Gasteiger partial charge in [-0.3, -0.25) is 14.5 Å². The molecule has 6 heteroatoms. The van der Waals surface area contributed by atoms with Gasteiger partial charge in [-0.15, -0.1) is 0 Å². The predicted octanol–water partition coefficient (Wildman–Crippen LogP) is 2.69. The highest BCUT2D eigenvalue weighted by Crippen LogP contribution is 2.48. The number of rotatable bonds is 3. The van der Waals surface area contributed by atoms with Gasteiger partial charge in [-0.1, -0.05) is 36.4 Å². The van der Waals surface area contributed by atoms with Crippen molar-refractivity contribution in [2.45, 2.75) is 30.8 Å². The maximum absolute atomic E-state index is 13.4. The van der Waals surface area contributed by atoms with E-state index in [0.29, 0.717) is 18.0 Å². The van der Waals surface area contributed by atoms with E-state index in [-0.39, 0.29) is 30.7 Å². The number of benzene rings is 2. The number of Topliss-reactive ketones (excluding diaryl/α,β-unsaturated/α-hetero) is 1. The molecule has 4 saturated heterocycles. The average molecular weight is 404 g/mol. The zero-order valence-electron chi connectivity index (χ0n) is 16.7. The number of carbonyl (C=O) groups is 2. The van der Waals surface area contributed by atoms with Crippen LogP contribution in [0.4, 0.5) is 0 Å². The van der Waals surface area contributed by atoms with Gasteiger partial charge in [0.05, 0.1) is 6.04 Å². The Morgan fingerprint density at radius 3 is 2.47 bits per heavy atom. The summed E-state index contributed by atoms with van der Waals surface area (Å²) >= 11 is 0. The molecule has 154 valence electrons. The molecule has 0 radical (unpaired) electrons. The summed E-state index contributed by atoms with van der Waals surface area (Å²) in [5.41, 5.74) is 1.62. The van der Waals surface area contributed by atoms with Crippen LogP contribution in [0.2, 0.25) is 0 Å². The molecule has 3 atom stereocenters. The average Bonchev–Trinajstić information content (AvgIpc) is 3.45. The zero-order chi connectivity index (χ0) is 20.2. The quantitative estimate of drug-likeness (QED) is 0.582. The van der Waals surface area contributed by atoms with E-state index in [1.165, 1.54) is 0 Å². The minimum Gasteiger partial charge on any atom is -0.454 e. The highest BCUT2D eigenvalue weighted by atomic mass is 16.7. The number of ether oxygens (including phenoxy) is 2. The number of fused-ring (bicyclic) bond motifs is 3. The van der Waals surface area contributed by atoms with Gasteiger partial charge in [0.25, 0.3) is 5.91 Å². The third-order valence-electron chi connectivity index (χ3n) is 7.31. The first kappa shape index (κ1) is 18.0. The van der Waals surface area contributed by atoms with Crippen molar-refractivity contribution in [2.24, 2.45) is 5.92 Å². The molecule has 0 aliphatic carbocycles. The van der Waals surface area contributed by atoms with Gasteiger partial charge >= 0.3 is 0 Å². The number of carbonyl (C=O) groups excluding carboxylic acids is 2. The molecule has 0 aromatic heterocycles. The van der Waals surface area contributed by atoms with Crippen molar-refractivity contribution in [2.75, 3.05) is 26.4 Å². The topological polar surface area (TPSA) is 59.1 Å². The molecule has 0 unspecified atom stereocenters. The number of piperidine rings is 3. The monoisotopic (exact) mass is 404 g/mol. The van der Waals surface area contributed by atoms with Crippen molar-refractivity contribution in [3.8, 4) is 11.5 Å². The molecule has 5 aliphatic rings. The largest absolute Gasteiger partial charge is 0.454 e. The van der Waals surface area contributed by atoms with Crippen molar-refractivity contribution in [3.63, 3.8) is 0 Å². The Morgan fingerprint density at radius 1 is 0.900 bits per heavy atom. The van der Waals surface area contributed by atoms with E-state index in [0.717, 1.165) is 43.0 Å². The van der Waals surface area contributed by atoms with Crippen molar-refractivity contribution >= 4 is 11.7 Å². The highest BCUT2D eigenvalue weighted by Gasteiger charge is 2.55. The summed E-state index contributed by atoms with van der Waals surface area (Å²) in [6.45, 7) is 2.96. The Bertz CT molecular complexity index is 1000. The normalized spacial score (nSPS) is 30.9. The van der Waals surface area contributed by atoms with Crippen LogP contribution in [0.15, 0.2) is 48.5 Å². The van der Waals surface area contributed by atoms with Crippen molar-refractivity contribution in [1.29, 1.82) is 0 Å². The first-order valence-electron chi connectivity index (χ1n) is 10.7. The van der Waals surface area contributed by atoms with E-state index in [4.69, 9.17) is 9.47 Å². The lowest BCUT2D eigenvalue weighted by Crippen LogP contribution is -2.61. The molecule has 2 aromatic rings. The SMILES string of the molecule is O=C(C(=O)N1C[C@H](c2ccc3c(c2)OCO3)[C@H]2[C@@H]1C1CCN2CC1)c1ccccc1. The second-order valence-electron chi connectivity index (χ2n) is 8.73. The third kappa shape index (κ3) is 2.67. The van der Waals surface area contributed by atoms with Crippen LogP contribution in [0.25, 0.3) is 0 Å². The van der Waals surface area contributed by atoms with E-state index < -0.39 is 5.78 Å². The number of hydrogen-bond acceptors (Lipinski definition) is 5. The van der Waals surface area contributed by atoms with Crippen molar-refractivity contribution in [3.05, 3.63) is 59.7 Å². The Balaban J connectivity index is 1.35. The van der Waals surface area contributed by atoms with Gasteiger partial charge in [0.2, 0.25) is 12.6 Å². The van der Waals surface area contributed by atoms with E-state index in [1.807, 2.05) is 17.0 Å². The molecule has 7 rings (SSSR count). The third-order valence-corrected chi connectivity index (χ3v) is 7.31. The highest BCUT2D eigenvalue weighted by molar-refractivity contribution is 6.42. The van der Waals surface area contributed by atoms with E-state index in [1.54, 1.807) is 24.3 Å². The summed E-state index contributed by atoms with van der Waals surface area (Å²) in [5, 5.41) is 0. The minimum absolute atomic E-state index is 0.100. The second-order valence-corrected chi connectivity index (χ2v) is 8.73. The lowest BCUT2D eigenvalue weighted by atomic mass is 9.75. The maximum Gasteiger partial charge on any atom is 0.295 e. The summed E-state index contributed by atoms with van der Waals surface area (Å²) in [6, 6.07) is 15.4. The van der Waals surface area contributed by atoms with Crippen LogP contribution < -0.4 is 9.47 Å². The van der Waals surface area contributed by atoms with Crippen molar-refractivity contribution in [1.82, 2.24) is 9.80 Å². The Kier molecular flexibility index (Phi) is 4.09. The summed E-state index contributed by atoms with van der Waals surface area (Å²) in [5.74, 6) is 1.40. The predicted molar refractivity (Wildman–Crippen MR) is 110 cm³/mol. The van der Waals surface area contributed by atoms with Gasteiger partial charge in [0.15, 0.2) is 11.5 Å². The second kappa shape index (κ2) is 6.84. The van der Waals surface area contributed by atoms with Crippen LogP contribution in [-0.4, -0.2) is 60.0 Å². The number of nitrogens with zero attached hydrogens (tertiary/aromatic N) is 2. The first-order chi connectivity index (χ1) is 14.7. The molecule has 30 heavy (non-hydrogen) atoms. The Morgan fingerprint density at radius 2 is 1.67 bits per heavy atom. The standard InChI is InChI=1S/C24H24N2O4/c27-23(16-4-2-1-3-5-16)24(28)26-13-18(17-6-7-19-20(12-17)30-14-29-19)22-21(26)15-8-10-25(22)11-9-15/h1-7,12,15,18,21-22H,8-11,13-14H2/t18-,21+,22+/m1/s1. The molecule has 1 amide bonds. The molecular weight excluding hydrogens is 380 g/mol. The van der Waals surface area contributed by atoms with Gasteiger partial charge in [0.1, 0.15) is 0 Å². The Labute approximate surface area is 175 Å². The van der Waals surface area contributed by atoms with Gasteiger partial charge in [-0.2, -0.15) is 0 Å². The van der Waals surface area contributed by atoms with Gasteiger partial charge in [-0.05, 0) is 49.5 Å².